The standard InChI is InChI=1S/C17H12ClFO2/c18-14-6-8-16(13-4-2-1-3-12(13)14)21-17-7-5-11(10-20)9-15(17)19/h1-9,20H,10H2. The maximum absolute atomic E-state index is 13.9. The van der Waals surface area contributed by atoms with E-state index in [1.54, 1.807) is 18.2 Å². The summed E-state index contributed by atoms with van der Waals surface area (Å²) in [4.78, 5) is 0. The number of hydrogen-bond donors (Lipinski definition) is 1. The molecule has 0 spiro atoms. The van der Waals surface area contributed by atoms with Gasteiger partial charge in [0, 0.05) is 15.8 Å². The fourth-order valence-corrected chi connectivity index (χ4v) is 2.40. The van der Waals surface area contributed by atoms with Crippen LogP contribution in [0.1, 0.15) is 5.56 Å². The lowest BCUT2D eigenvalue weighted by molar-refractivity contribution is 0.281. The van der Waals surface area contributed by atoms with Gasteiger partial charge >= 0.3 is 0 Å². The Balaban J connectivity index is 2.04. The van der Waals surface area contributed by atoms with Crippen LogP contribution in [0.5, 0.6) is 11.5 Å². The number of fused-ring (bicyclic) bond motifs is 1. The van der Waals surface area contributed by atoms with Crippen molar-refractivity contribution in [2.24, 2.45) is 0 Å². The highest BCUT2D eigenvalue weighted by molar-refractivity contribution is 6.35. The van der Waals surface area contributed by atoms with Crippen molar-refractivity contribution < 1.29 is 14.2 Å². The van der Waals surface area contributed by atoms with E-state index in [2.05, 4.69) is 0 Å². The first kappa shape index (κ1) is 13.9. The zero-order valence-corrected chi connectivity index (χ0v) is 11.8. The second-order valence-electron chi connectivity index (χ2n) is 4.62. The molecule has 106 valence electrons. The lowest BCUT2D eigenvalue weighted by Gasteiger charge is -2.11. The maximum Gasteiger partial charge on any atom is 0.166 e. The molecule has 0 saturated carbocycles. The van der Waals surface area contributed by atoms with E-state index >= 15 is 0 Å². The minimum Gasteiger partial charge on any atom is -0.454 e. The Bertz CT molecular complexity index is 802. The number of rotatable bonds is 3. The number of ether oxygens (including phenoxy) is 1. The second-order valence-corrected chi connectivity index (χ2v) is 5.02. The van der Waals surface area contributed by atoms with Crippen molar-refractivity contribution in [2.75, 3.05) is 0 Å². The van der Waals surface area contributed by atoms with Crippen LogP contribution in [0.3, 0.4) is 0 Å². The Labute approximate surface area is 126 Å². The predicted molar refractivity (Wildman–Crippen MR) is 81.4 cm³/mol. The van der Waals surface area contributed by atoms with Gasteiger partial charge in [0.1, 0.15) is 5.75 Å². The highest BCUT2D eigenvalue weighted by Gasteiger charge is 2.10. The second kappa shape index (κ2) is 5.72. The summed E-state index contributed by atoms with van der Waals surface area (Å²) >= 11 is 6.15. The van der Waals surface area contributed by atoms with Crippen LogP contribution in [0.15, 0.2) is 54.6 Å². The smallest absolute Gasteiger partial charge is 0.166 e. The zero-order chi connectivity index (χ0) is 14.8. The van der Waals surface area contributed by atoms with Crippen LogP contribution in [-0.4, -0.2) is 5.11 Å². The van der Waals surface area contributed by atoms with Gasteiger partial charge in [0.15, 0.2) is 11.6 Å². The number of aliphatic hydroxyl groups is 1. The van der Waals surface area contributed by atoms with E-state index in [4.69, 9.17) is 21.4 Å². The molecule has 2 nitrogen and oxygen atoms in total. The lowest BCUT2D eigenvalue weighted by Crippen LogP contribution is -1.92. The summed E-state index contributed by atoms with van der Waals surface area (Å²) in [6.07, 6.45) is 0. The quantitative estimate of drug-likeness (QED) is 0.744. The molecule has 0 aromatic heterocycles. The Hall–Kier alpha value is -2.10. The maximum atomic E-state index is 13.9. The van der Waals surface area contributed by atoms with Crippen molar-refractivity contribution in [1.29, 1.82) is 0 Å². The van der Waals surface area contributed by atoms with Crippen LogP contribution in [0.25, 0.3) is 10.8 Å². The van der Waals surface area contributed by atoms with E-state index in [1.807, 2.05) is 24.3 Å². The molecule has 0 amide bonds. The third kappa shape index (κ3) is 2.71. The van der Waals surface area contributed by atoms with Crippen molar-refractivity contribution in [2.45, 2.75) is 6.61 Å². The molecule has 0 aliphatic carbocycles. The molecular weight excluding hydrogens is 291 g/mol. The first-order valence-electron chi connectivity index (χ1n) is 6.43. The SMILES string of the molecule is OCc1ccc(Oc2ccc(Cl)c3ccccc23)c(F)c1. The molecule has 0 bridgehead atoms. The molecule has 3 aromatic carbocycles. The van der Waals surface area contributed by atoms with Crippen molar-refractivity contribution in [1.82, 2.24) is 0 Å². The number of halogens is 2. The summed E-state index contributed by atoms with van der Waals surface area (Å²) in [6, 6.07) is 15.3. The van der Waals surface area contributed by atoms with Gasteiger partial charge < -0.3 is 9.84 Å². The van der Waals surface area contributed by atoms with E-state index < -0.39 is 5.82 Å². The van der Waals surface area contributed by atoms with Crippen LogP contribution in [0.4, 0.5) is 4.39 Å². The number of hydrogen-bond acceptors (Lipinski definition) is 2. The van der Waals surface area contributed by atoms with Crippen molar-refractivity contribution in [3.05, 3.63) is 71.0 Å². The first-order valence-corrected chi connectivity index (χ1v) is 6.81. The molecule has 0 aliphatic rings. The highest BCUT2D eigenvalue weighted by atomic mass is 35.5. The van der Waals surface area contributed by atoms with Crippen molar-refractivity contribution >= 4 is 22.4 Å². The molecule has 0 unspecified atom stereocenters. The number of benzene rings is 3. The van der Waals surface area contributed by atoms with E-state index in [-0.39, 0.29) is 12.4 Å². The third-order valence-electron chi connectivity index (χ3n) is 3.23. The molecule has 1 N–H and O–H groups in total. The summed E-state index contributed by atoms with van der Waals surface area (Å²) in [5.41, 5.74) is 0.501. The third-order valence-corrected chi connectivity index (χ3v) is 3.56. The van der Waals surface area contributed by atoms with Gasteiger partial charge in [-0.3, -0.25) is 0 Å². The van der Waals surface area contributed by atoms with Crippen LogP contribution < -0.4 is 4.74 Å². The first-order chi connectivity index (χ1) is 10.2. The van der Waals surface area contributed by atoms with Gasteiger partial charge in [-0.1, -0.05) is 41.9 Å². The fraction of sp³-hybridized carbons (Fsp3) is 0.0588. The molecule has 0 heterocycles. The average Bonchev–Trinajstić information content (AvgIpc) is 2.52. The van der Waals surface area contributed by atoms with Crippen molar-refractivity contribution in [3.8, 4) is 11.5 Å². The minimum atomic E-state index is -0.513. The zero-order valence-electron chi connectivity index (χ0n) is 11.0. The lowest BCUT2D eigenvalue weighted by atomic mass is 10.1. The van der Waals surface area contributed by atoms with Gasteiger partial charge in [-0.25, -0.2) is 4.39 Å². The Kier molecular flexibility index (Phi) is 3.78. The fourth-order valence-electron chi connectivity index (χ4n) is 2.17. The van der Waals surface area contributed by atoms with Gasteiger partial charge in [-0.15, -0.1) is 0 Å². The van der Waals surface area contributed by atoms with E-state index in [0.29, 0.717) is 16.3 Å². The van der Waals surface area contributed by atoms with Crippen LogP contribution in [-0.2, 0) is 6.61 Å². The highest BCUT2D eigenvalue weighted by Crippen LogP contribution is 2.34. The Morgan fingerprint density at radius 1 is 0.952 bits per heavy atom. The summed E-state index contributed by atoms with van der Waals surface area (Å²) < 4.78 is 19.6. The van der Waals surface area contributed by atoms with Crippen LogP contribution >= 0.6 is 11.6 Å². The normalized spacial score (nSPS) is 10.8. The molecule has 21 heavy (non-hydrogen) atoms. The van der Waals surface area contributed by atoms with Gasteiger partial charge in [0.05, 0.1) is 6.61 Å². The molecule has 0 saturated heterocycles. The van der Waals surface area contributed by atoms with Gasteiger partial charge in [0.25, 0.3) is 0 Å². The average molecular weight is 303 g/mol. The molecule has 3 rings (SSSR count). The Morgan fingerprint density at radius 2 is 1.67 bits per heavy atom. The predicted octanol–water partition coefficient (Wildman–Crippen LogP) is 4.92. The molecule has 0 aliphatic heterocycles. The molecule has 4 heteroatoms. The largest absolute Gasteiger partial charge is 0.454 e. The minimum absolute atomic E-state index is 0.111. The van der Waals surface area contributed by atoms with Crippen molar-refractivity contribution in [3.63, 3.8) is 0 Å². The van der Waals surface area contributed by atoms with E-state index in [1.165, 1.54) is 12.1 Å². The molecule has 3 aromatic rings. The van der Waals surface area contributed by atoms with Crippen LogP contribution in [0, 0.1) is 5.82 Å². The monoisotopic (exact) mass is 302 g/mol. The Morgan fingerprint density at radius 3 is 2.38 bits per heavy atom. The summed E-state index contributed by atoms with van der Waals surface area (Å²) in [6.45, 7) is -0.207. The van der Waals surface area contributed by atoms with E-state index in [0.717, 1.165) is 10.8 Å². The van der Waals surface area contributed by atoms with E-state index in [9.17, 15) is 4.39 Å². The molecule has 0 fully saturated rings. The van der Waals surface area contributed by atoms with Gasteiger partial charge in [0.2, 0.25) is 0 Å². The van der Waals surface area contributed by atoms with Crippen LogP contribution in [0.2, 0.25) is 5.02 Å². The summed E-state index contributed by atoms with van der Waals surface area (Å²) in [5.74, 6) is 0.130. The number of aliphatic hydroxyl groups excluding tert-OH is 1. The molecule has 0 radical (unpaired) electrons. The summed E-state index contributed by atoms with van der Waals surface area (Å²) in [5, 5.41) is 11.3. The molecule has 0 atom stereocenters. The summed E-state index contributed by atoms with van der Waals surface area (Å²) in [7, 11) is 0. The van der Waals surface area contributed by atoms with Gasteiger partial charge in [-0.2, -0.15) is 0 Å². The molecular formula is C17H12ClFO2. The topological polar surface area (TPSA) is 29.5 Å². The van der Waals surface area contributed by atoms with Gasteiger partial charge in [-0.05, 0) is 29.8 Å².